The van der Waals surface area contributed by atoms with Gasteiger partial charge in [-0.25, -0.2) is 4.58 Å². The standard InChI is InChI=1S/C89H98N8/c1-18-23-78-49-57-85(97(17)86(78)66(10)94(14)83(22-5)63(7)26-29-68(20-3)61-93-89(11,12)13)77-38-32-70(33-39-77)60-92-82-54-46-76(47-55-82)75-44-50-80(51-45-75)90-58-67(19-2)28-27-64(8)84-56-48-79-41-40-71(21-4)87(88(79)96(84)16)95(15)65(9)72-36-30-69(31-37-72)59-91-81-52-42-74(43-53-81)73-34-24-62(6)25-35-73/h18,20,23-61,66H,7,19,21-22H2,1-6,8-17H3/q+4/b23-18-,29-26-,68-20+,91-59?,93-61?,94-83?,95-65?. The van der Waals surface area contributed by atoms with Gasteiger partial charge in [-0.3, -0.25) is 20.0 Å². The van der Waals surface area contributed by atoms with E-state index in [1.165, 1.54) is 67.1 Å². The first-order valence-electron chi connectivity index (χ1n) is 34.1. The van der Waals surface area contributed by atoms with Gasteiger partial charge in [0.2, 0.25) is 17.4 Å². The van der Waals surface area contributed by atoms with E-state index >= 15 is 0 Å². The average Bonchev–Trinajstić information content (AvgIpc) is 0.750. The van der Waals surface area contributed by atoms with Crippen LogP contribution in [0.1, 0.15) is 140 Å². The zero-order chi connectivity index (χ0) is 69.3. The highest BCUT2D eigenvalue weighted by Crippen LogP contribution is 2.32. The van der Waals surface area contributed by atoms with E-state index in [-0.39, 0.29) is 11.6 Å². The number of aliphatic imine (C=N–C) groups is 4. The molecule has 0 aliphatic carbocycles. The molecular formula is C89H98N8+4. The monoisotopic (exact) mass is 1280 g/mol. The van der Waals surface area contributed by atoms with Gasteiger partial charge in [0.1, 0.15) is 28.2 Å². The van der Waals surface area contributed by atoms with Crippen LogP contribution in [0.3, 0.4) is 0 Å². The molecule has 0 aliphatic heterocycles. The van der Waals surface area contributed by atoms with Crippen molar-refractivity contribution in [1.29, 1.82) is 0 Å². The van der Waals surface area contributed by atoms with Crippen LogP contribution in [0.4, 0.5) is 22.7 Å². The Morgan fingerprint density at radius 1 is 0.588 bits per heavy atom. The minimum atomic E-state index is -0.135. The molecule has 1 unspecified atom stereocenters. The van der Waals surface area contributed by atoms with Crippen molar-refractivity contribution in [1.82, 2.24) is 0 Å². The van der Waals surface area contributed by atoms with Gasteiger partial charge in [0, 0.05) is 90.7 Å². The molecule has 9 aromatic rings. The molecule has 8 heteroatoms. The predicted octanol–water partition coefficient (Wildman–Crippen LogP) is 21.3. The zero-order valence-electron chi connectivity index (χ0n) is 60.2. The van der Waals surface area contributed by atoms with Crippen molar-refractivity contribution in [2.45, 2.75) is 114 Å². The van der Waals surface area contributed by atoms with Gasteiger partial charge in [0.25, 0.3) is 16.9 Å². The van der Waals surface area contributed by atoms with Crippen molar-refractivity contribution in [3.05, 3.63) is 287 Å². The predicted molar refractivity (Wildman–Crippen MR) is 418 cm³/mol. The summed E-state index contributed by atoms with van der Waals surface area (Å²) in [7, 11) is 8.74. The molecule has 0 aliphatic rings. The summed E-state index contributed by atoms with van der Waals surface area (Å²) in [6.07, 6.45) is 25.5. The molecule has 0 spiro atoms. The Balaban J connectivity index is 0.837. The first kappa shape index (κ1) is 70.9. The van der Waals surface area contributed by atoms with Crippen molar-refractivity contribution in [3.8, 4) is 33.5 Å². The smallest absolute Gasteiger partial charge is 0.285 e. The Morgan fingerprint density at radius 2 is 1.12 bits per heavy atom. The molecular weight excluding hydrogens is 1180 g/mol. The van der Waals surface area contributed by atoms with Crippen LogP contribution >= 0.6 is 0 Å². The quantitative estimate of drug-likeness (QED) is 0.0348. The molecule has 490 valence electrons. The summed E-state index contributed by atoms with van der Waals surface area (Å²) in [5, 5.41) is 1.20. The topological polar surface area (TPSA) is 63.2 Å². The summed E-state index contributed by atoms with van der Waals surface area (Å²) in [5.74, 6) is 0. The summed E-state index contributed by atoms with van der Waals surface area (Å²) in [6, 6.07) is 64.8. The minimum Gasteiger partial charge on any atom is -0.287 e. The average molecular weight is 1280 g/mol. The van der Waals surface area contributed by atoms with Gasteiger partial charge in [-0.2, -0.15) is 13.7 Å². The van der Waals surface area contributed by atoms with Crippen molar-refractivity contribution in [2.24, 2.45) is 34.1 Å². The second-order valence-corrected chi connectivity index (χ2v) is 26.0. The number of hydrogen-bond donors (Lipinski definition) is 0. The summed E-state index contributed by atoms with van der Waals surface area (Å²) < 4.78 is 9.43. The van der Waals surface area contributed by atoms with Crippen LogP contribution in [0.15, 0.2) is 262 Å². The van der Waals surface area contributed by atoms with Crippen molar-refractivity contribution in [2.75, 3.05) is 14.1 Å². The van der Waals surface area contributed by atoms with Gasteiger partial charge in [-0.15, -0.1) is 0 Å². The molecule has 8 nitrogen and oxygen atoms in total. The molecule has 9 rings (SSSR count). The van der Waals surface area contributed by atoms with E-state index < -0.39 is 0 Å². The third-order valence-corrected chi connectivity index (χ3v) is 18.2. The third-order valence-electron chi connectivity index (χ3n) is 18.2. The van der Waals surface area contributed by atoms with E-state index in [1.807, 2.05) is 31.8 Å². The van der Waals surface area contributed by atoms with Gasteiger partial charge in [-0.05, 0) is 191 Å². The van der Waals surface area contributed by atoms with Crippen molar-refractivity contribution >= 4 is 81.6 Å². The number of aryl methyl sites for hydroxylation is 3. The SMILES string of the molecule is C=C(/C=C\C(C=NC(C)(C)C)=C/C)C(CC)=[N+](C)C(C)c1c(/C=C\C)ccc(-c2ccc(C=Nc3ccc(-c4ccc(N=C/C(=C/C=C(\C)c5ccc6ccc(CC)c([N+](C)=C(C)c7ccc(C=Nc8ccc(-c9ccc(C)cc9)cc8)cc7)c6[n+]5C)CC)cc4)cc3)cc2)[n+]1C. The Morgan fingerprint density at radius 3 is 1.65 bits per heavy atom. The van der Waals surface area contributed by atoms with E-state index in [0.29, 0.717) is 0 Å². The maximum absolute atomic E-state index is 4.93. The largest absolute Gasteiger partial charge is 0.287 e. The highest BCUT2D eigenvalue weighted by molar-refractivity contribution is 5.99. The van der Waals surface area contributed by atoms with E-state index in [2.05, 4.69) is 354 Å². The van der Waals surface area contributed by atoms with E-state index in [0.717, 1.165) is 97.8 Å². The summed E-state index contributed by atoms with van der Waals surface area (Å²) in [5.41, 5.74) is 28.0. The van der Waals surface area contributed by atoms with Gasteiger partial charge >= 0.3 is 0 Å². The molecule has 0 fully saturated rings. The van der Waals surface area contributed by atoms with E-state index in [1.54, 1.807) is 0 Å². The second-order valence-electron chi connectivity index (χ2n) is 26.0. The maximum Gasteiger partial charge on any atom is 0.285 e. The van der Waals surface area contributed by atoms with Crippen LogP contribution in [-0.4, -0.2) is 65.1 Å². The van der Waals surface area contributed by atoms with Crippen LogP contribution in [0.25, 0.3) is 56.1 Å². The lowest BCUT2D eigenvalue weighted by Crippen LogP contribution is -2.41. The summed E-state index contributed by atoms with van der Waals surface area (Å²) in [4.78, 5) is 19.3. The fourth-order valence-electron chi connectivity index (χ4n) is 12.2. The number of aromatic nitrogens is 2. The van der Waals surface area contributed by atoms with Crippen LogP contribution in [0.2, 0.25) is 0 Å². The number of rotatable bonds is 23. The molecule has 2 heterocycles. The van der Waals surface area contributed by atoms with Crippen LogP contribution in [0.5, 0.6) is 0 Å². The van der Waals surface area contributed by atoms with Gasteiger partial charge in [0.05, 0.1) is 28.0 Å². The maximum atomic E-state index is 4.93. The molecule has 7 aromatic carbocycles. The lowest BCUT2D eigenvalue weighted by atomic mass is 10.0. The summed E-state index contributed by atoms with van der Waals surface area (Å²) >= 11 is 0. The molecule has 0 saturated heterocycles. The van der Waals surface area contributed by atoms with Gasteiger partial charge < -0.3 is 0 Å². The van der Waals surface area contributed by atoms with Crippen molar-refractivity contribution < 1.29 is 18.3 Å². The molecule has 0 radical (unpaired) electrons. The molecule has 0 bridgehead atoms. The van der Waals surface area contributed by atoms with Crippen LogP contribution in [0, 0.1) is 6.92 Å². The molecule has 0 N–H and O–H groups in total. The number of allylic oxidation sites excluding steroid dienone is 10. The van der Waals surface area contributed by atoms with Crippen LogP contribution in [-0.2, 0) is 20.5 Å². The molecule has 1 atom stereocenters. The zero-order valence-corrected chi connectivity index (χ0v) is 60.2. The third kappa shape index (κ3) is 17.9. The first-order chi connectivity index (χ1) is 46.7. The van der Waals surface area contributed by atoms with E-state index in [4.69, 9.17) is 20.0 Å². The molecule has 0 saturated carbocycles. The second kappa shape index (κ2) is 32.8. The Bertz CT molecular complexity index is 4650. The lowest BCUT2D eigenvalue weighted by Gasteiger charge is -2.15. The number of hydrogen-bond acceptors (Lipinski definition) is 4. The Labute approximate surface area is 578 Å². The van der Waals surface area contributed by atoms with Gasteiger partial charge in [0.15, 0.2) is 11.4 Å². The fraction of sp³-hybridized carbons (Fsp3) is 0.236. The number of fused-ring (bicyclic) bond motifs is 1. The molecule has 2 aromatic heterocycles. The Kier molecular flexibility index (Phi) is 24.0. The minimum absolute atomic E-state index is 0.0598. The summed E-state index contributed by atoms with van der Waals surface area (Å²) in [6.45, 7) is 30.4. The number of nitrogens with zero attached hydrogens (tertiary/aromatic N) is 8. The number of pyridine rings is 2. The Hall–Kier alpha value is -10.4. The van der Waals surface area contributed by atoms with Gasteiger partial charge in [-0.1, -0.05) is 160 Å². The molecule has 0 amide bonds. The highest BCUT2D eigenvalue weighted by Gasteiger charge is 2.32. The highest BCUT2D eigenvalue weighted by atomic mass is 15.1. The number of benzene rings is 7. The first-order valence-corrected chi connectivity index (χ1v) is 34.1. The molecule has 97 heavy (non-hydrogen) atoms. The fourth-order valence-corrected chi connectivity index (χ4v) is 12.2. The van der Waals surface area contributed by atoms with E-state index in [9.17, 15) is 0 Å². The lowest BCUT2D eigenvalue weighted by molar-refractivity contribution is -0.691. The van der Waals surface area contributed by atoms with Crippen LogP contribution < -0.4 is 9.13 Å². The van der Waals surface area contributed by atoms with Crippen molar-refractivity contribution in [3.63, 3.8) is 0 Å². The normalized spacial score (nSPS) is 13.8.